The van der Waals surface area contributed by atoms with Gasteiger partial charge in [-0.05, 0) is 44.5 Å². The van der Waals surface area contributed by atoms with Gasteiger partial charge in [-0.15, -0.1) is 0 Å². The summed E-state index contributed by atoms with van der Waals surface area (Å²) in [5.74, 6) is 0. The van der Waals surface area contributed by atoms with Crippen molar-refractivity contribution in [3.63, 3.8) is 0 Å². The highest BCUT2D eigenvalue weighted by atomic mass is 32.2. The fourth-order valence-electron chi connectivity index (χ4n) is 2.66. The van der Waals surface area contributed by atoms with Crippen molar-refractivity contribution in [2.24, 2.45) is 5.73 Å². The molecule has 0 spiro atoms. The zero-order valence-electron chi connectivity index (χ0n) is 13.0. The van der Waals surface area contributed by atoms with Gasteiger partial charge < -0.3 is 11.1 Å². The molecule has 0 aliphatic heterocycles. The largest absolute Gasteiger partial charge is 0.376 e. The highest BCUT2D eigenvalue weighted by Crippen LogP contribution is 2.27. The number of allylic oxidation sites excluding steroid dienone is 1. The van der Waals surface area contributed by atoms with Crippen LogP contribution >= 0.6 is 12.2 Å². The smallest absolute Gasteiger partial charge is 0.289 e. The fraction of sp³-hybridized carbons (Fsp3) is 0.357. The summed E-state index contributed by atoms with van der Waals surface area (Å²) in [6.45, 7) is 1.87. The van der Waals surface area contributed by atoms with Crippen LogP contribution in [0.15, 0.2) is 40.4 Å². The van der Waals surface area contributed by atoms with Crippen LogP contribution in [0, 0.1) is 10.1 Å². The first kappa shape index (κ1) is 18.3. The molecule has 0 saturated carbocycles. The van der Waals surface area contributed by atoms with E-state index in [2.05, 4.69) is 10.0 Å². The number of nitro groups is 1. The van der Waals surface area contributed by atoms with Gasteiger partial charge in [-0.3, -0.25) is 10.1 Å². The molecule has 130 valence electrons. The van der Waals surface area contributed by atoms with E-state index in [-0.39, 0.29) is 16.0 Å². The predicted molar refractivity (Wildman–Crippen MR) is 93.7 cm³/mol. The number of nitrogens with zero attached hydrogens (tertiary/aromatic N) is 1. The van der Waals surface area contributed by atoms with Crippen molar-refractivity contribution >= 4 is 33.0 Å². The molecular formula is C14H18N4O4S2. The Kier molecular flexibility index (Phi) is 5.52. The molecule has 1 aromatic carbocycles. The summed E-state index contributed by atoms with van der Waals surface area (Å²) in [5.41, 5.74) is 6.85. The fourth-order valence-corrected chi connectivity index (χ4v) is 4.23. The van der Waals surface area contributed by atoms with Gasteiger partial charge in [-0.25, -0.2) is 13.1 Å². The van der Waals surface area contributed by atoms with Crippen molar-refractivity contribution in [2.45, 2.75) is 37.1 Å². The molecule has 0 fully saturated rings. The van der Waals surface area contributed by atoms with Crippen LogP contribution in [0.25, 0.3) is 0 Å². The van der Waals surface area contributed by atoms with E-state index in [4.69, 9.17) is 18.0 Å². The van der Waals surface area contributed by atoms with Crippen molar-refractivity contribution in [2.75, 3.05) is 0 Å². The molecule has 4 N–H and O–H groups in total. The lowest BCUT2D eigenvalue weighted by atomic mass is 9.93. The number of para-hydroxylation sites is 1. The molecule has 1 unspecified atom stereocenters. The summed E-state index contributed by atoms with van der Waals surface area (Å²) < 4.78 is 27.6. The number of benzene rings is 1. The van der Waals surface area contributed by atoms with Gasteiger partial charge in [0.1, 0.15) is 0 Å². The molecule has 0 heterocycles. The molecule has 2 rings (SSSR count). The molecule has 0 saturated heterocycles. The van der Waals surface area contributed by atoms with Crippen LogP contribution in [0.1, 0.15) is 26.2 Å². The highest BCUT2D eigenvalue weighted by Gasteiger charge is 2.29. The van der Waals surface area contributed by atoms with Gasteiger partial charge in [-0.2, -0.15) is 0 Å². The standard InChI is InChI=1S/C14H18N4O4S2/c1-9-8-10(6-7-11(9)16-14(15)23)17-24(21,22)13-5-3-2-4-12(13)18(19)20/h2-5,10,17H,6-8H2,1H3,(H3,15,16,23). The second-order valence-electron chi connectivity index (χ2n) is 5.53. The van der Waals surface area contributed by atoms with E-state index in [1.807, 2.05) is 6.92 Å². The average Bonchev–Trinajstić information content (AvgIpc) is 2.49. The van der Waals surface area contributed by atoms with Crippen molar-refractivity contribution in [1.82, 2.24) is 10.0 Å². The van der Waals surface area contributed by atoms with Gasteiger partial charge in [0.25, 0.3) is 5.69 Å². The Hall–Kier alpha value is -2.04. The summed E-state index contributed by atoms with van der Waals surface area (Å²) in [5, 5.41) is 14.1. The first-order valence-electron chi connectivity index (χ1n) is 7.21. The molecule has 0 radical (unpaired) electrons. The number of nitrogens with two attached hydrogens (primary N) is 1. The number of nitrogens with one attached hydrogen (secondary N) is 2. The van der Waals surface area contributed by atoms with Gasteiger partial charge >= 0.3 is 0 Å². The lowest BCUT2D eigenvalue weighted by Crippen LogP contribution is -2.39. The van der Waals surface area contributed by atoms with Gasteiger partial charge in [0.2, 0.25) is 10.0 Å². The Morgan fingerprint density at radius 2 is 2.08 bits per heavy atom. The third kappa shape index (κ3) is 4.28. The van der Waals surface area contributed by atoms with Crippen LogP contribution in [0.4, 0.5) is 5.69 Å². The topological polar surface area (TPSA) is 127 Å². The summed E-state index contributed by atoms with van der Waals surface area (Å²) >= 11 is 4.81. The minimum Gasteiger partial charge on any atom is -0.376 e. The molecular weight excluding hydrogens is 352 g/mol. The molecule has 0 bridgehead atoms. The summed E-state index contributed by atoms with van der Waals surface area (Å²) in [6.07, 6.45) is 1.61. The average molecular weight is 370 g/mol. The summed E-state index contributed by atoms with van der Waals surface area (Å²) in [7, 11) is -3.98. The van der Waals surface area contributed by atoms with E-state index in [9.17, 15) is 18.5 Å². The molecule has 10 heteroatoms. The SMILES string of the molecule is CC1=C(NC(N)=S)CCC(NS(=O)(=O)c2ccccc2[N+](=O)[O-])C1. The number of thiocarbonyl (C=S) groups is 1. The van der Waals surface area contributed by atoms with Crippen molar-refractivity contribution in [3.05, 3.63) is 45.6 Å². The van der Waals surface area contributed by atoms with Gasteiger partial charge in [0, 0.05) is 17.8 Å². The molecule has 1 aliphatic rings. The maximum absolute atomic E-state index is 12.5. The minimum absolute atomic E-state index is 0.170. The highest BCUT2D eigenvalue weighted by molar-refractivity contribution is 7.89. The normalized spacial score (nSPS) is 18.3. The maximum atomic E-state index is 12.5. The number of sulfonamides is 1. The second kappa shape index (κ2) is 7.24. The number of rotatable bonds is 5. The molecule has 0 amide bonds. The van der Waals surface area contributed by atoms with E-state index in [1.54, 1.807) is 0 Å². The predicted octanol–water partition coefficient (Wildman–Crippen LogP) is 1.53. The molecule has 1 atom stereocenters. The van der Waals surface area contributed by atoms with Gasteiger partial charge in [-0.1, -0.05) is 17.7 Å². The maximum Gasteiger partial charge on any atom is 0.289 e. The lowest BCUT2D eigenvalue weighted by Gasteiger charge is -2.26. The Bertz CT molecular complexity index is 805. The van der Waals surface area contributed by atoms with Crippen molar-refractivity contribution in [3.8, 4) is 0 Å². The zero-order valence-corrected chi connectivity index (χ0v) is 14.6. The number of hydrogen-bond acceptors (Lipinski definition) is 5. The second-order valence-corrected chi connectivity index (χ2v) is 7.66. The third-order valence-corrected chi connectivity index (χ3v) is 5.43. The van der Waals surface area contributed by atoms with Crippen LogP contribution in [0.3, 0.4) is 0 Å². The lowest BCUT2D eigenvalue weighted by molar-refractivity contribution is -0.387. The molecule has 1 aromatic rings. The summed E-state index contributed by atoms with van der Waals surface area (Å²) in [6, 6.07) is 4.94. The van der Waals surface area contributed by atoms with E-state index in [0.717, 1.165) is 11.3 Å². The van der Waals surface area contributed by atoms with Crippen LogP contribution in [0.5, 0.6) is 0 Å². The first-order valence-corrected chi connectivity index (χ1v) is 9.10. The van der Waals surface area contributed by atoms with E-state index in [0.29, 0.717) is 19.3 Å². The third-order valence-electron chi connectivity index (χ3n) is 3.76. The zero-order chi connectivity index (χ0) is 17.9. The van der Waals surface area contributed by atoms with E-state index in [1.165, 1.54) is 24.3 Å². The van der Waals surface area contributed by atoms with Crippen LogP contribution in [0.2, 0.25) is 0 Å². The van der Waals surface area contributed by atoms with Crippen LogP contribution in [-0.4, -0.2) is 24.5 Å². The van der Waals surface area contributed by atoms with E-state index >= 15 is 0 Å². The van der Waals surface area contributed by atoms with Crippen LogP contribution < -0.4 is 15.8 Å². The summed E-state index contributed by atoms with van der Waals surface area (Å²) in [4.78, 5) is 10.00. The molecule has 8 nitrogen and oxygen atoms in total. The van der Waals surface area contributed by atoms with Crippen molar-refractivity contribution < 1.29 is 13.3 Å². The van der Waals surface area contributed by atoms with Gasteiger partial charge in [0.15, 0.2) is 10.0 Å². The van der Waals surface area contributed by atoms with Gasteiger partial charge in [0.05, 0.1) is 4.92 Å². The Morgan fingerprint density at radius 1 is 1.42 bits per heavy atom. The molecule has 0 aromatic heterocycles. The Labute approximate surface area is 145 Å². The molecule has 1 aliphatic carbocycles. The number of nitro benzene ring substituents is 1. The Morgan fingerprint density at radius 3 is 2.67 bits per heavy atom. The molecule has 24 heavy (non-hydrogen) atoms. The van der Waals surface area contributed by atoms with Crippen LogP contribution in [-0.2, 0) is 10.0 Å². The Balaban J connectivity index is 2.19. The quantitative estimate of drug-likeness (QED) is 0.407. The number of hydrogen-bond donors (Lipinski definition) is 3. The monoisotopic (exact) mass is 370 g/mol. The van der Waals surface area contributed by atoms with Crippen molar-refractivity contribution in [1.29, 1.82) is 0 Å². The minimum atomic E-state index is -3.98. The van der Waals surface area contributed by atoms with E-state index < -0.39 is 20.6 Å². The first-order chi connectivity index (χ1) is 11.2.